The summed E-state index contributed by atoms with van der Waals surface area (Å²) in [5.74, 6) is 0. The fourth-order valence-corrected chi connectivity index (χ4v) is 2.77. The smallest absolute Gasteiger partial charge is 0.195 e. The van der Waals surface area contributed by atoms with Crippen LogP contribution in [0, 0.1) is 0 Å². The normalized spacial score (nSPS) is 17.1. The third-order valence-electron chi connectivity index (χ3n) is 3.73. The van der Waals surface area contributed by atoms with Crippen molar-refractivity contribution in [1.29, 1.82) is 0 Å². The standard InChI is InChI=1S/C16H22N/c1-5-7-12-17-14-11-9-8-10-13(14)16(3,4)15(17)6-2/h6,8-11H,2,5,7,12H2,1,3-4H3/q+1. The summed E-state index contributed by atoms with van der Waals surface area (Å²) < 4.78 is 2.44. The molecule has 1 heterocycles. The number of benzene rings is 1. The van der Waals surface area contributed by atoms with E-state index < -0.39 is 0 Å². The molecule has 0 N–H and O–H groups in total. The minimum Gasteiger partial charge on any atom is -0.195 e. The summed E-state index contributed by atoms with van der Waals surface area (Å²) in [5.41, 5.74) is 4.21. The first-order chi connectivity index (χ1) is 8.12. The maximum absolute atomic E-state index is 4.00. The number of allylic oxidation sites excluding steroid dienone is 1. The molecular weight excluding hydrogens is 206 g/mol. The molecular formula is C16H22N+. The van der Waals surface area contributed by atoms with Crippen LogP contribution in [0.2, 0.25) is 0 Å². The Morgan fingerprint density at radius 3 is 2.65 bits per heavy atom. The molecule has 1 nitrogen and oxygen atoms in total. The van der Waals surface area contributed by atoms with Crippen LogP contribution >= 0.6 is 0 Å². The predicted molar refractivity (Wildman–Crippen MR) is 74.4 cm³/mol. The van der Waals surface area contributed by atoms with Crippen LogP contribution in [0.4, 0.5) is 5.69 Å². The molecule has 1 aliphatic rings. The van der Waals surface area contributed by atoms with E-state index in [-0.39, 0.29) is 5.41 Å². The van der Waals surface area contributed by atoms with Gasteiger partial charge in [0.2, 0.25) is 5.69 Å². The van der Waals surface area contributed by atoms with E-state index in [9.17, 15) is 0 Å². The lowest BCUT2D eigenvalue weighted by atomic mass is 9.82. The summed E-state index contributed by atoms with van der Waals surface area (Å²) in [7, 11) is 0. The first-order valence-electron chi connectivity index (χ1n) is 6.49. The molecule has 0 atom stereocenters. The van der Waals surface area contributed by atoms with Gasteiger partial charge in [-0.25, -0.2) is 0 Å². The van der Waals surface area contributed by atoms with Crippen LogP contribution < -0.4 is 0 Å². The van der Waals surface area contributed by atoms with Crippen molar-refractivity contribution in [3.05, 3.63) is 42.5 Å². The molecule has 0 aromatic heterocycles. The minimum absolute atomic E-state index is 0.0894. The van der Waals surface area contributed by atoms with Crippen molar-refractivity contribution in [2.45, 2.75) is 39.0 Å². The van der Waals surface area contributed by atoms with E-state index >= 15 is 0 Å². The van der Waals surface area contributed by atoms with Crippen LogP contribution in [0.1, 0.15) is 39.2 Å². The second-order valence-corrected chi connectivity index (χ2v) is 5.24. The van der Waals surface area contributed by atoms with Gasteiger partial charge in [0.1, 0.15) is 6.54 Å². The lowest BCUT2D eigenvalue weighted by molar-refractivity contribution is -0.438. The number of unbranched alkanes of at least 4 members (excludes halogenated alkanes) is 1. The van der Waals surface area contributed by atoms with Crippen LogP contribution in [-0.2, 0) is 5.41 Å². The third-order valence-corrected chi connectivity index (χ3v) is 3.73. The topological polar surface area (TPSA) is 3.01 Å². The van der Waals surface area contributed by atoms with Crippen molar-refractivity contribution in [2.75, 3.05) is 6.54 Å². The van der Waals surface area contributed by atoms with Gasteiger partial charge in [-0.15, -0.1) is 0 Å². The Hall–Kier alpha value is -1.37. The third kappa shape index (κ3) is 1.84. The summed E-state index contributed by atoms with van der Waals surface area (Å²) in [6.07, 6.45) is 4.47. The van der Waals surface area contributed by atoms with Crippen LogP contribution in [-0.4, -0.2) is 16.8 Å². The number of rotatable bonds is 4. The lowest BCUT2D eigenvalue weighted by Gasteiger charge is -2.14. The average molecular weight is 228 g/mol. The Labute approximate surface area is 104 Å². The molecule has 0 spiro atoms. The van der Waals surface area contributed by atoms with Crippen LogP contribution in [0.15, 0.2) is 36.9 Å². The first kappa shape index (κ1) is 12.1. The van der Waals surface area contributed by atoms with E-state index in [1.54, 1.807) is 0 Å². The van der Waals surface area contributed by atoms with Gasteiger partial charge in [-0.1, -0.05) is 38.1 Å². The largest absolute Gasteiger partial charge is 0.209 e. The molecule has 0 amide bonds. The van der Waals surface area contributed by atoms with Gasteiger partial charge in [0.05, 0.1) is 5.41 Å². The monoisotopic (exact) mass is 228 g/mol. The summed E-state index contributed by atoms with van der Waals surface area (Å²) in [5, 5.41) is 0. The molecule has 17 heavy (non-hydrogen) atoms. The molecule has 90 valence electrons. The van der Waals surface area contributed by atoms with E-state index in [0.29, 0.717) is 0 Å². The molecule has 0 aliphatic carbocycles. The van der Waals surface area contributed by atoms with Gasteiger partial charge in [-0.3, -0.25) is 0 Å². The number of nitrogens with zero attached hydrogens (tertiary/aromatic N) is 1. The second-order valence-electron chi connectivity index (χ2n) is 5.24. The fourth-order valence-electron chi connectivity index (χ4n) is 2.77. The molecule has 0 saturated carbocycles. The molecule has 2 rings (SSSR count). The van der Waals surface area contributed by atoms with Crippen molar-refractivity contribution in [2.24, 2.45) is 0 Å². The van der Waals surface area contributed by atoms with E-state index in [4.69, 9.17) is 0 Å². The van der Waals surface area contributed by atoms with Crippen molar-refractivity contribution >= 4 is 11.4 Å². The summed E-state index contributed by atoms with van der Waals surface area (Å²) in [4.78, 5) is 0. The van der Waals surface area contributed by atoms with Gasteiger partial charge in [-0.05, 0) is 19.9 Å². The predicted octanol–water partition coefficient (Wildman–Crippen LogP) is 4.05. The van der Waals surface area contributed by atoms with E-state index in [1.807, 2.05) is 6.08 Å². The van der Waals surface area contributed by atoms with Gasteiger partial charge in [-0.2, -0.15) is 4.58 Å². The maximum atomic E-state index is 4.00. The zero-order chi connectivity index (χ0) is 12.5. The lowest BCUT2D eigenvalue weighted by Crippen LogP contribution is -2.27. The fraction of sp³-hybridized carbons (Fsp3) is 0.438. The Balaban J connectivity index is 2.54. The van der Waals surface area contributed by atoms with Gasteiger partial charge in [0.25, 0.3) is 0 Å². The van der Waals surface area contributed by atoms with E-state index in [2.05, 4.69) is 56.2 Å². The molecule has 1 aliphatic heterocycles. The number of fused-ring (bicyclic) bond motifs is 1. The highest BCUT2D eigenvalue weighted by Gasteiger charge is 2.43. The molecule has 1 aromatic carbocycles. The average Bonchev–Trinajstić information content (AvgIpc) is 2.55. The molecule has 1 heteroatoms. The van der Waals surface area contributed by atoms with Gasteiger partial charge < -0.3 is 0 Å². The molecule has 0 fully saturated rings. The minimum atomic E-state index is 0.0894. The second kappa shape index (κ2) is 4.48. The SMILES string of the molecule is C=CC1=[N+](CCCC)c2ccccc2C1(C)C. The number of hydrogen-bond donors (Lipinski definition) is 0. The maximum Gasteiger partial charge on any atom is 0.209 e. The van der Waals surface area contributed by atoms with Crippen molar-refractivity contribution in [1.82, 2.24) is 0 Å². The Morgan fingerprint density at radius 1 is 1.29 bits per heavy atom. The highest BCUT2D eigenvalue weighted by atomic mass is 15.1. The Morgan fingerprint density at radius 2 is 2.00 bits per heavy atom. The van der Waals surface area contributed by atoms with Gasteiger partial charge in [0.15, 0.2) is 5.71 Å². The zero-order valence-electron chi connectivity index (χ0n) is 11.2. The molecule has 0 bridgehead atoms. The summed E-state index contributed by atoms with van der Waals surface area (Å²) in [6.45, 7) is 11.9. The van der Waals surface area contributed by atoms with Crippen LogP contribution in [0.3, 0.4) is 0 Å². The molecule has 0 radical (unpaired) electrons. The Kier molecular flexibility index (Phi) is 3.19. The van der Waals surface area contributed by atoms with Crippen molar-refractivity contribution in [3.8, 4) is 0 Å². The summed E-state index contributed by atoms with van der Waals surface area (Å²) in [6, 6.07) is 8.72. The van der Waals surface area contributed by atoms with Gasteiger partial charge in [0, 0.05) is 18.1 Å². The van der Waals surface area contributed by atoms with Crippen molar-refractivity contribution < 1.29 is 4.58 Å². The van der Waals surface area contributed by atoms with Crippen LogP contribution in [0.25, 0.3) is 0 Å². The van der Waals surface area contributed by atoms with E-state index in [0.717, 1.165) is 6.54 Å². The molecule has 0 saturated heterocycles. The molecule has 1 aromatic rings. The van der Waals surface area contributed by atoms with Crippen molar-refractivity contribution in [3.63, 3.8) is 0 Å². The number of para-hydroxylation sites is 1. The van der Waals surface area contributed by atoms with Crippen LogP contribution in [0.5, 0.6) is 0 Å². The molecule has 0 unspecified atom stereocenters. The summed E-state index contributed by atoms with van der Waals surface area (Å²) >= 11 is 0. The Bertz CT molecular complexity index is 466. The quantitative estimate of drug-likeness (QED) is 0.684. The number of hydrogen-bond acceptors (Lipinski definition) is 0. The van der Waals surface area contributed by atoms with Gasteiger partial charge >= 0.3 is 0 Å². The highest BCUT2D eigenvalue weighted by Crippen LogP contribution is 2.39. The zero-order valence-corrected chi connectivity index (χ0v) is 11.2. The van der Waals surface area contributed by atoms with E-state index in [1.165, 1.54) is 29.8 Å². The highest BCUT2D eigenvalue weighted by molar-refractivity contribution is 6.02. The first-order valence-corrected chi connectivity index (χ1v) is 6.49.